The Morgan fingerprint density at radius 3 is 1.97 bits per heavy atom. The summed E-state index contributed by atoms with van der Waals surface area (Å²) < 4.78 is 85.5. The number of carbonyl (C=O) groups is 1. The molecule has 29 heavy (non-hydrogen) atoms. The minimum Gasteiger partial charge on any atom is -0.416 e. The second-order valence-corrected chi connectivity index (χ2v) is 7.15. The van der Waals surface area contributed by atoms with Gasteiger partial charge in [-0.1, -0.05) is 19.4 Å². The maximum Gasteiger partial charge on any atom is 0.346 e. The van der Waals surface area contributed by atoms with Crippen LogP contribution < -0.4 is 4.74 Å². The van der Waals surface area contributed by atoms with Gasteiger partial charge in [-0.05, 0) is 55.2 Å². The summed E-state index contributed by atoms with van der Waals surface area (Å²) in [6.07, 6.45) is 4.89. The molecule has 8 heteroatoms. The molecule has 0 unspecified atom stereocenters. The number of rotatable bonds is 4. The zero-order chi connectivity index (χ0) is 21.3. The van der Waals surface area contributed by atoms with Gasteiger partial charge in [0.2, 0.25) is 34.8 Å². The van der Waals surface area contributed by atoms with Gasteiger partial charge in [0, 0.05) is 0 Å². The van der Waals surface area contributed by atoms with Crippen LogP contribution in [-0.4, -0.2) is 5.97 Å². The third kappa shape index (κ3) is 4.11. The first-order valence-electron chi connectivity index (χ1n) is 9.27. The Kier molecular flexibility index (Phi) is 6.19. The van der Waals surface area contributed by atoms with E-state index >= 15 is 0 Å². The Balaban J connectivity index is 1.81. The Morgan fingerprint density at radius 2 is 1.45 bits per heavy atom. The Hall–Kier alpha value is -2.51. The summed E-state index contributed by atoms with van der Waals surface area (Å²) in [5.74, 6) is -15.1. The molecule has 0 N–H and O–H groups in total. The Labute approximate surface area is 163 Å². The highest BCUT2D eigenvalue weighted by Crippen LogP contribution is 2.37. The fourth-order valence-electron chi connectivity index (χ4n) is 3.68. The Morgan fingerprint density at radius 1 is 0.897 bits per heavy atom. The summed E-state index contributed by atoms with van der Waals surface area (Å²) in [6.45, 7) is 2.12. The molecular weight excluding hydrogens is 398 g/mol. The molecule has 2 aromatic carbocycles. The fourth-order valence-corrected chi connectivity index (χ4v) is 3.68. The van der Waals surface area contributed by atoms with Crippen molar-refractivity contribution in [2.24, 2.45) is 5.92 Å². The molecule has 1 aliphatic carbocycles. The topological polar surface area (TPSA) is 26.3 Å². The zero-order valence-corrected chi connectivity index (χ0v) is 15.5. The van der Waals surface area contributed by atoms with Crippen LogP contribution in [0.4, 0.5) is 26.3 Å². The van der Waals surface area contributed by atoms with E-state index in [0.29, 0.717) is 11.5 Å². The summed E-state index contributed by atoms with van der Waals surface area (Å²) >= 11 is 0. The summed E-state index contributed by atoms with van der Waals surface area (Å²) in [7, 11) is 0. The Bertz CT molecular complexity index is 906. The van der Waals surface area contributed by atoms with E-state index in [2.05, 4.69) is 11.7 Å². The first kappa shape index (κ1) is 21.2. The summed E-state index contributed by atoms with van der Waals surface area (Å²) in [4.78, 5) is 12.1. The van der Waals surface area contributed by atoms with Crippen molar-refractivity contribution in [3.05, 3.63) is 64.2 Å². The molecule has 0 radical (unpaired) electrons. The molecule has 1 fully saturated rings. The number of hydrogen-bond donors (Lipinski definition) is 0. The SMILES string of the molecule is CCC1CCC(c2ccc(C(=O)Oc3c(F)c(F)c(F)c(F)c3F)c(F)c2)CC1. The number of hydrogen-bond acceptors (Lipinski definition) is 2. The van der Waals surface area contributed by atoms with Crippen LogP contribution in [-0.2, 0) is 0 Å². The highest BCUT2D eigenvalue weighted by atomic mass is 19.2. The quantitative estimate of drug-likeness (QED) is 0.189. The van der Waals surface area contributed by atoms with Crippen molar-refractivity contribution >= 4 is 5.97 Å². The van der Waals surface area contributed by atoms with Gasteiger partial charge in [-0.2, -0.15) is 8.78 Å². The van der Waals surface area contributed by atoms with E-state index in [4.69, 9.17) is 0 Å². The molecule has 3 rings (SSSR count). The van der Waals surface area contributed by atoms with Gasteiger partial charge in [0.05, 0.1) is 5.56 Å². The van der Waals surface area contributed by atoms with E-state index in [1.807, 2.05) is 0 Å². The van der Waals surface area contributed by atoms with Gasteiger partial charge in [0.1, 0.15) is 5.82 Å². The number of ether oxygens (including phenoxy) is 1. The molecule has 1 saturated carbocycles. The fraction of sp³-hybridized carbons (Fsp3) is 0.381. The first-order valence-corrected chi connectivity index (χ1v) is 9.27. The van der Waals surface area contributed by atoms with Crippen LogP contribution in [0.25, 0.3) is 0 Å². The van der Waals surface area contributed by atoms with Crippen LogP contribution in [0.15, 0.2) is 18.2 Å². The molecule has 0 saturated heterocycles. The lowest BCUT2D eigenvalue weighted by molar-refractivity contribution is 0.0711. The van der Waals surface area contributed by atoms with Crippen LogP contribution >= 0.6 is 0 Å². The van der Waals surface area contributed by atoms with E-state index in [-0.39, 0.29) is 5.92 Å². The van der Waals surface area contributed by atoms with Crippen molar-refractivity contribution < 1.29 is 35.9 Å². The lowest BCUT2D eigenvalue weighted by Gasteiger charge is -2.28. The maximum atomic E-state index is 14.4. The highest BCUT2D eigenvalue weighted by molar-refractivity contribution is 5.91. The summed E-state index contributed by atoms with van der Waals surface area (Å²) in [5, 5.41) is 0. The molecule has 0 atom stereocenters. The third-order valence-electron chi connectivity index (χ3n) is 5.47. The lowest BCUT2D eigenvalue weighted by atomic mass is 9.78. The minimum absolute atomic E-state index is 0.132. The van der Waals surface area contributed by atoms with Crippen molar-refractivity contribution in [1.82, 2.24) is 0 Å². The molecule has 0 aromatic heterocycles. The lowest BCUT2D eigenvalue weighted by Crippen LogP contribution is -2.16. The number of halogens is 6. The predicted octanol–water partition coefficient (Wildman–Crippen LogP) is 6.42. The minimum atomic E-state index is -2.38. The summed E-state index contributed by atoms with van der Waals surface area (Å²) in [5.41, 5.74) is 0.0183. The number of esters is 1. The summed E-state index contributed by atoms with van der Waals surface area (Å²) in [6, 6.07) is 3.74. The molecule has 1 aliphatic rings. The predicted molar refractivity (Wildman–Crippen MR) is 92.6 cm³/mol. The van der Waals surface area contributed by atoms with Crippen LogP contribution in [0, 0.1) is 40.8 Å². The molecular formula is C21H18F6O2. The molecule has 0 spiro atoms. The standard InChI is InChI=1S/C21H18F6O2/c1-2-10-3-5-11(6-4-10)12-7-8-13(14(22)9-12)21(28)29-20-18(26)16(24)15(23)17(25)19(20)27/h7-11H,2-6H2,1H3. The smallest absolute Gasteiger partial charge is 0.346 e. The first-order chi connectivity index (χ1) is 13.7. The molecule has 2 aromatic rings. The van der Waals surface area contributed by atoms with Crippen LogP contribution in [0.2, 0.25) is 0 Å². The van der Waals surface area contributed by atoms with Gasteiger partial charge >= 0.3 is 5.97 Å². The van der Waals surface area contributed by atoms with Gasteiger partial charge in [-0.25, -0.2) is 22.4 Å². The van der Waals surface area contributed by atoms with Crippen molar-refractivity contribution in [2.45, 2.75) is 44.9 Å². The van der Waals surface area contributed by atoms with Gasteiger partial charge < -0.3 is 4.74 Å². The van der Waals surface area contributed by atoms with Crippen molar-refractivity contribution in [3.63, 3.8) is 0 Å². The van der Waals surface area contributed by atoms with Gasteiger partial charge in [0.25, 0.3) is 0 Å². The van der Waals surface area contributed by atoms with Crippen molar-refractivity contribution in [2.75, 3.05) is 0 Å². The molecule has 0 heterocycles. The van der Waals surface area contributed by atoms with Crippen LogP contribution in [0.5, 0.6) is 5.75 Å². The third-order valence-corrected chi connectivity index (χ3v) is 5.47. The van der Waals surface area contributed by atoms with E-state index in [9.17, 15) is 31.1 Å². The normalized spacial score (nSPS) is 19.3. The second-order valence-electron chi connectivity index (χ2n) is 7.15. The van der Waals surface area contributed by atoms with Gasteiger partial charge in [-0.15, -0.1) is 0 Å². The van der Waals surface area contributed by atoms with Crippen LogP contribution in [0.1, 0.15) is 60.9 Å². The average molecular weight is 416 g/mol. The highest BCUT2D eigenvalue weighted by Gasteiger charge is 2.30. The number of benzene rings is 2. The molecule has 156 valence electrons. The van der Waals surface area contributed by atoms with E-state index < -0.39 is 52.2 Å². The molecule has 2 nitrogen and oxygen atoms in total. The molecule has 0 bridgehead atoms. The van der Waals surface area contributed by atoms with Crippen LogP contribution in [0.3, 0.4) is 0 Å². The van der Waals surface area contributed by atoms with Crippen molar-refractivity contribution in [1.29, 1.82) is 0 Å². The molecule has 0 amide bonds. The largest absolute Gasteiger partial charge is 0.416 e. The van der Waals surface area contributed by atoms with Gasteiger partial charge in [-0.3, -0.25) is 0 Å². The second kappa shape index (κ2) is 8.47. The molecule has 0 aliphatic heterocycles. The van der Waals surface area contributed by atoms with E-state index in [1.54, 1.807) is 0 Å². The maximum absolute atomic E-state index is 14.4. The van der Waals surface area contributed by atoms with Gasteiger partial charge in [0.15, 0.2) is 0 Å². The zero-order valence-electron chi connectivity index (χ0n) is 15.5. The number of carbonyl (C=O) groups excluding carboxylic acids is 1. The monoisotopic (exact) mass is 416 g/mol. The average Bonchev–Trinajstić information content (AvgIpc) is 2.73. The van der Waals surface area contributed by atoms with Crippen molar-refractivity contribution in [3.8, 4) is 5.75 Å². The van der Waals surface area contributed by atoms with E-state index in [0.717, 1.165) is 44.2 Å². The van der Waals surface area contributed by atoms with E-state index in [1.165, 1.54) is 6.07 Å².